The molecule has 6 nitrogen and oxygen atoms in total. The lowest BCUT2D eigenvalue weighted by molar-refractivity contribution is -0.117. The van der Waals surface area contributed by atoms with Gasteiger partial charge in [0.25, 0.3) is 5.91 Å². The highest BCUT2D eigenvalue weighted by atomic mass is 16.2. The maximum absolute atomic E-state index is 12.8. The predicted octanol–water partition coefficient (Wildman–Crippen LogP) is 3.83. The number of carbonyl (C=O) groups excluding carboxylic acids is 2. The zero-order valence-corrected chi connectivity index (χ0v) is 17.3. The number of nitrogens with zero attached hydrogens (tertiary/aromatic N) is 2. The Bertz CT molecular complexity index is 1050. The molecule has 0 bridgehead atoms. The van der Waals surface area contributed by atoms with Crippen LogP contribution in [0.3, 0.4) is 0 Å². The molecule has 4 rings (SSSR count). The minimum atomic E-state index is -0.0958. The molecule has 0 unspecified atom stereocenters. The van der Waals surface area contributed by atoms with Crippen LogP contribution in [0.25, 0.3) is 0 Å². The number of aryl methyl sites for hydroxylation is 1. The van der Waals surface area contributed by atoms with E-state index in [4.69, 9.17) is 0 Å². The number of amides is 2. The number of carbonyl (C=O) groups is 2. The van der Waals surface area contributed by atoms with Gasteiger partial charge in [-0.2, -0.15) is 0 Å². The maximum Gasteiger partial charge on any atom is 0.253 e. The number of anilines is 1. The van der Waals surface area contributed by atoms with E-state index in [1.165, 1.54) is 0 Å². The number of nitrogens with one attached hydrogen (secondary N) is 2. The van der Waals surface area contributed by atoms with Crippen LogP contribution in [0.2, 0.25) is 0 Å². The molecular weight excluding hydrogens is 376 g/mol. The van der Waals surface area contributed by atoms with Gasteiger partial charge in [-0.1, -0.05) is 18.2 Å². The summed E-state index contributed by atoms with van der Waals surface area (Å²) in [6.07, 6.45) is 3.75. The van der Waals surface area contributed by atoms with Crippen LogP contribution in [0.5, 0.6) is 0 Å². The van der Waals surface area contributed by atoms with Crippen LogP contribution in [0, 0.1) is 19.8 Å². The minimum Gasteiger partial charge on any atom is -0.348 e. The molecule has 2 aromatic heterocycles. The summed E-state index contributed by atoms with van der Waals surface area (Å²) in [4.78, 5) is 29.0. The summed E-state index contributed by atoms with van der Waals surface area (Å²) in [7, 11) is 0. The average Bonchev–Trinajstić information content (AvgIpc) is 3.57. The Kier molecular flexibility index (Phi) is 5.65. The molecule has 2 N–H and O–H groups in total. The lowest BCUT2D eigenvalue weighted by atomic mass is 10.2. The molecule has 6 heteroatoms. The Labute approximate surface area is 176 Å². The van der Waals surface area contributed by atoms with Gasteiger partial charge in [0.15, 0.2) is 0 Å². The Morgan fingerprint density at radius 1 is 1.10 bits per heavy atom. The van der Waals surface area contributed by atoms with Gasteiger partial charge in [-0.25, -0.2) is 0 Å². The van der Waals surface area contributed by atoms with Gasteiger partial charge in [-0.05, 0) is 62.6 Å². The van der Waals surface area contributed by atoms with Gasteiger partial charge < -0.3 is 15.2 Å². The predicted molar refractivity (Wildman–Crippen MR) is 116 cm³/mol. The lowest BCUT2D eigenvalue weighted by Gasteiger charge is -2.10. The fourth-order valence-corrected chi connectivity index (χ4v) is 3.50. The summed E-state index contributed by atoms with van der Waals surface area (Å²) in [5.41, 5.74) is 5.36. The first-order valence-corrected chi connectivity index (χ1v) is 10.3. The van der Waals surface area contributed by atoms with Gasteiger partial charge in [-0.3, -0.25) is 14.6 Å². The van der Waals surface area contributed by atoms with Crippen molar-refractivity contribution in [2.75, 3.05) is 5.32 Å². The number of rotatable bonds is 7. The van der Waals surface area contributed by atoms with Gasteiger partial charge in [0.05, 0.1) is 17.8 Å². The first kappa shape index (κ1) is 19.9. The van der Waals surface area contributed by atoms with Crippen molar-refractivity contribution in [2.24, 2.45) is 5.92 Å². The van der Waals surface area contributed by atoms with E-state index in [1.807, 2.05) is 62.4 Å². The Balaban J connectivity index is 1.37. The normalized spacial score (nSPS) is 13.1. The van der Waals surface area contributed by atoms with Gasteiger partial charge in [0.2, 0.25) is 5.91 Å². The molecule has 0 aliphatic heterocycles. The average molecular weight is 402 g/mol. The molecule has 2 heterocycles. The maximum atomic E-state index is 12.8. The standard InChI is InChI=1S/C24H26N4O2/c1-16-13-22(17(2)28(16)15-21-5-3-4-12-25-21)24(30)26-14-18-6-10-20(11-7-18)27-23(29)19-8-9-19/h3-7,10-13,19H,8-9,14-15H2,1-2H3,(H,26,30)(H,27,29). The summed E-state index contributed by atoms with van der Waals surface area (Å²) in [6, 6.07) is 15.4. The van der Waals surface area contributed by atoms with Crippen molar-refractivity contribution in [1.29, 1.82) is 0 Å². The van der Waals surface area contributed by atoms with Crippen molar-refractivity contribution in [3.05, 3.63) is 82.9 Å². The second-order valence-corrected chi connectivity index (χ2v) is 7.84. The fraction of sp³-hybridized carbons (Fsp3) is 0.292. The first-order chi connectivity index (χ1) is 14.5. The van der Waals surface area contributed by atoms with E-state index in [0.29, 0.717) is 18.7 Å². The second kappa shape index (κ2) is 8.53. The van der Waals surface area contributed by atoms with Crippen LogP contribution in [-0.2, 0) is 17.9 Å². The highest BCUT2D eigenvalue weighted by Gasteiger charge is 2.29. The van der Waals surface area contributed by atoms with Crippen LogP contribution in [-0.4, -0.2) is 21.4 Å². The SMILES string of the molecule is Cc1cc(C(=O)NCc2ccc(NC(=O)C3CC3)cc2)c(C)n1Cc1ccccn1. The molecule has 0 spiro atoms. The summed E-state index contributed by atoms with van der Waals surface area (Å²) in [5, 5.41) is 5.92. The highest BCUT2D eigenvalue weighted by Crippen LogP contribution is 2.30. The van der Waals surface area contributed by atoms with Gasteiger partial charge in [-0.15, -0.1) is 0 Å². The molecule has 1 fully saturated rings. The Morgan fingerprint density at radius 2 is 1.87 bits per heavy atom. The Hall–Kier alpha value is -3.41. The van der Waals surface area contributed by atoms with Crippen LogP contribution < -0.4 is 10.6 Å². The zero-order valence-electron chi connectivity index (χ0n) is 17.3. The third-order valence-electron chi connectivity index (χ3n) is 5.49. The molecule has 3 aromatic rings. The molecule has 1 saturated carbocycles. The largest absolute Gasteiger partial charge is 0.348 e. The van der Waals surface area contributed by atoms with E-state index in [-0.39, 0.29) is 17.7 Å². The minimum absolute atomic E-state index is 0.0945. The third kappa shape index (κ3) is 4.59. The van der Waals surface area contributed by atoms with Gasteiger partial charge >= 0.3 is 0 Å². The Morgan fingerprint density at radius 3 is 2.53 bits per heavy atom. The first-order valence-electron chi connectivity index (χ1n) is 10.3. The summed E-state index contributed by atoms with van der Waals surface area (Å²) in [6.45, 7) is 5.03. The lowest BCUT2D eigenvalue weighted by Crippen LogP contribution is -2.23. The van der Waals surface area contributed by atoms with Crippen molar-refractivity contribution in [3.8, 4) is 0 Å². The molecule has 154 valence electrons. The summed E-state index contributed by atoms with van der Waals surface area (Å²) in [5.74, 6) is 0.180. The number of pyridine rings is 1. The molecule has 0 radical (unpaired) electrons. The number of benzene rings is 1. The van der Waals surface area contributed by atoms with Gasteiger partial charge in [0, 0.05) is 35.7 Å². The molecule has 30 heavy (non-hydrogen) atoms. The van der Waals surface area contributed by atoms with Crippen molar-refractivity contribution in [2.45, 2.75) is 39.8 Å². The topological polar surface area (TPSA) is 76.0 Å². The highest BCUT2D eigenvalue weighted by molar-refractivity contribution is 5.96. The van der Waals surface area contributed by atoms with Crippen molar-refractivity contribution < 1.29 is 9.59 Å². The van der Waals surface area contributed by atoms with Crippen LogP contribution in [0.1, 0.15) is 45.8 Å². The zero-order chi connectivity index (χ0) is 21.1. The second-order valence-electron chi connectivity index (χ2n) is 7.84. The van der Waals surface area contributed by atoms with E-state index in [1.54, 1.807) is 6.20 Å². The van der Waals surface area contributed by atoms with E-state index >= 15 is 0 Å². The number of hydrogen-bond donors (Lipinski definition) is 2. The third-order valence-corrected chi connectivity index (χ3v) is 5.49. The van der Waals surface area contributed by atoms with Crippen LogP contribution in [0.15, 0.2) is 54.7 Å². The van der Waals surface area contributed by atoms with Gasteiger partial charge in [0.1, 0.15) is 0 Å². The summed E-state index contributed by atoms with van der Waals surface area (Å²) < 4.78 is 2.11. The molecule has 1 aromatic carbocycles. The smallest absolute Gasteiger partial charge is 0.253 e. The van der Waals surface area contributed by atoms with E-state index in [0.717, 1.165) is 41.2 Å². The van der Waals surface area contributed by atoms with Crippen LogP contribution in [0.4, 0.5) is 5.69 Å². The quantitative estimate of drug-likeness (QED) is 0.631. The summed E-state index contributed by atoms with van der Waals surface area (Å²) >= 11 is 0. The molecule has 1 aliphatic carbocycles. The van der Waals surface area contributed by atoms with E-state index < -0.39 is 0 Å². The van der Waals surface area contributed by atoms with Crippen LogP contribution >= 0.6 is 0 Å². The van der Waals surface area contributed by atoms with E-state index in [9.17, 15) is 9.59 Å². The molecule has 0 atom stereocenters. The van der Waals surface area contributed by atoms with E-state index in [2.05, 4.69) is 20.2 Å². The molecular formula is C24H26N4O2. The van der Waals surface area contributed by atoms with Crippen molar-refractivity contribution in [3.63, 3.8) is 0 Å². The molecule has 1 aliphatic rings. The number of hydrogen-bond acceptors (Lipinski definition) is 3. The fourth-order valence-electron chi connectivity index (χ4n) is 3.50. The molecule has 2 amide bonds. The van der Waals surface area contributed by atoms with Crippen molar-refractivity contribution in [1.82, 2.24) is 14.9 Å². The number of aromatic nitrogens is 2. The molecule has 0 saturated heterocycles. The monoisotopic (exact) mass is 402 g/mol. The van der Waals surface area contributed by atoms with Crippen molar-refractivity contribution >= 4 is 17.5 Å².